The largest absolute Gasteiger partial charge is 0.478 e. The van der Waals surface area contributed by atoms with E-state index in [2.05, 4.69) is 29.6 Å². The highest BCUT2D eigenvalue weighted by Gasteiger charge is 2.37. The summed E-state index contributed by atoms with van der Waals surface area (Å²) in [7, 11) is 0. The third-order valence-corrected chi connectivity index (χ3v) is 6.51. The summed E-state index contributed by atoms with van der Waals surface area (Å²) in [4.78, 5) is 38.8. The number of amides is 2. The van der Waals surface area contributed by atoms with Crippen molar-refractivity contribution in [1.29, 1.82) is 0 Å². The maximum Gasteiger partial charge on any atom is 0.407 e. The van der Waals surface area contributed by atoms with Crippen LogP contribution in [0.3, 0.4) is 0 Å². The second-order valence-corrected chi connectivity index (χ2v) is 9.84. The van der Waals surface area contributed by atoms with E-state index in [0.717, 1.165) is 22.3 Å². The minimum Gasteiger partial charge on any atom is -0.478 e. The summed E-state index contributed by atoms with van der Waals surface area (Å²) in [6.45, 7) is 6.31. The number of hydrogen-bond acceptors (Lipinski definition) is 4. The number of benzene rings is 2. The molecule has 34 heavy (non-hydrogen) atoms. The van der Waals surface area contributed by atoms with Gasteiger partial charge in [-0.15, -0.1) is 0 Å². The van der Waals surface area contributed by atoms with Crippen molar-refractivity contribution in [3.63, 3.8) is 0 Å². The fourth-order valence-electron chi connectivity index (χ4n) is 4.65. The van der Waals surface area contributed by atoms with Crippen LogP contribution < -0.4 is 5.32 Å². The van der Waals surface area contributed by atoms with E-state index in [1.165, 1.54) is 0 Å². The minimum atomic E-state index is -0.962. The fraction of sp³-hybridized carbons (Fsp3) is 0.370. The molecule has 0 saturated heterocycles. The van der Waals surface area contributed by atoms with Crippen molar-refractivity contribution in [3.8, 4) is 11.1 Å². The quantitative estimate of drug-likeness (QED) is 0.695. The number of aliphatic carboxylic acids is 1. The van der Waals surface area contributed by atoms with Crippen molar-refractivity contribution in [2.75, 3.05) is 19.7 Å². The van der Waals surface area contributed by atoms with E-state index in [0.29, 0.717) is 12.1 Å². The molecule has 7 heteroatoms. The van der Waals surface area contributed by atoms with Gasteiger partial charge in [0, 0.05) is 24.6 Å². The number of nitrogens with zero attached hydrogens (tertiary/aromatic N) is 1. The topological polar surface area (TPSA) is 95.9 Å². The lowest BCUT2D eigenvalue weighted by molar-refractivity contribution is -0.137. The number of carboxylic acid groups (broad SMARTS) is 1. The number of carbonyl (C=O) groups is 3. The molecule has 2 N–H and O–H groups in total. The van der Waals surface area contributed by atoms with Gasteiger partial charge in [0.1, 0.15) is 12.6 Å². The van der Waals surface area contributed by atoms with E-state index in [-0.39, 0.29) is 31.4 Å². The molecule has 2 aromatic carbocycles. The molecule has 1 heterocycles. The first-order valence-electron chi connectivity index (χ1n) is 11.5. The van der Waals surface area contributed by atoms with Gasteiger partial charge in [-0.2, -0.15) is 0 Å². The number of nitrogens with one attached hydrogen (secondary N) is 1. The average molecular weight is 463 g/mol. The van der Waals surface area contributed by atoms with Gasteiger partial charge in [0.2, 0.25) is 5.91 Å². The van der Waals surface area contributed by atoms with Crippen molar-refractivity contribution in [2.45, 2.75) is 39.2 Å². The smallest absolute Gasteiger partial charge is 0.407 e. The first kappa shape index (κ1) is 23.5. The molecule has 0 saturated carbocycles. The zero-order chi connectivity index (χ0) is 24.5. The molecule has 1 atom stereocenters. The molecule has 2 aromatic rings. The van der Waals surface area contributed by atoms with Crippen LogP contribution in [-0.2, 0) is 14.3 Å². The highest BCUT2D eigenvalue weighted by Crippen LogP contribution is 2.44. The Balaban J connectivity index is 1.44. The Labute approximate surface area is 199 Å². The van der Waals surface area contributed by atoms with Crippen LogP contribution in [0.25, 0.3) is 11.1 Å². The van der Waals surface area contributed by atoms with Gasteiger partial charge in [-0.1, -0.05) is 75.4 Å². The second-order valence-electron chi connectivity index (χ2n) is 9.84. The molecule has 0 spiro atoms. The maximum absolute atomic E-state index is 13.2. The lowest BCUT2D eigenvalue weighted by atomic mass is 9.85. The van der Waals surface area contributed by atoms with Crippen LogP contribution >= 0.6 is 0 Å². The van der Waals surface area contributed by atoms with Gasteiger partial charge in [0.15, 0.2) is 0 Å². The SMILES string of the molecule is CC(C)(C)C(NC(=O)OCC1c2ccccc2-c2ccccc21)C(=O)N1CC=C(C(=O)O)CC1. The zero-order valence-electron chi connectivity index (χ0n) is 19.7. The summed E-state index contributed by atoms with van der Waals surface area (Å²) in [6, 6.07) is 15.4. The standard InChI is InChI=1S/C27H30N2O5/c1-27(2,3)23(24(30)29-14-12-17(13-15-29)25(31)32)28-26(33)34-16-22-20-10-6-4-8-18(20)19-9-5-7-11-21(19)22/h4-12,22-23H,13-16H2,1-3H3,(H,28,33)(H,31,32). The highest BCUT2D eigenvalue weighted by atomic mass is 16.5. The Kier molecular flexibility index (Phi) is 6.46. The van der Waals surface area contributed by atoms with E-state index >= 15 is 0 Å². The monoisotopic (exact) mass is 462 g/mol. The lowest BCUT2D eigenvalue weighted by Gasteiger charge is -2.35. The van der Waals surface area contributed by atoms with Gasteiger partial charge >= 0.3 is 12.1 Å². The van der Waals surface area contributed by atoms with Gasteiger partial charge in [0.25, 0.3) is 0 Å². The third-order valence-electron chi connectivity index (χ3n) is 6.51. The van der Waals surface area contributed by atoms with Crippen molar-refractivity contribution >= 4 is 18.0 Å². The van der Waals surface area contributed by atoms with Gasteiger partial charge < -0.3 is 20.1 Å². The second kappa shape index (κ2) is 9.33. The molecule has 0 bridgehead atoms. The number of alkyl carbamates (subject to hydrolysis) is 1. The van der Waals surface area contributed by atoms with Gasteiger partial charge in [-0.25, -0.2) is 9.59 Å². The Bertz CT molecular complexity index is 1100. The molecule has 1 aliphatic heterocycles. The summed E-state index contributed by atoms with van der Waals surface area (Å²) in [5.41, 5.74) is 4.28. The molecule has 178 valence electrons. The number of hydrogen-bond donors (Lipinski definition) is 2. The Hall–Kier alpha value is -3.61. The molecular formula is C27H30N2O5. The number of carbonyl (C=O) groups excluding carboxylic acids is 2. The Morgan fingerprint density at radius 2 is 1.65 bits per heavy atom. The molecule has 4 rings (SSSR count). The van der Waals surface area contributed by atoms with E-state index in [1.54, 1.807) is 11.0 Å². The normalized spacial score (nSPS) is 16.2. The molecule has 0 radical (unpaired) electrons. The van der Waals surface area contributed by atoms with Gasteiger partial charge in [0.05, 0.1) is 0 Å². The van der Waals surface area contributed by atoms with Crippen LogP contribution in [0.2, 0.25) is 0 Å². The minimum absolute atomic E-state index is 0.0661. The molecular weight excluding hydrogens is 432 g/mol. The average Bonchev–Trinajstić information content (AvgIpc) is 3.14. The van der Waals surface area contributed by atoms with Crippen molar-refractivity contribution < 1.29 is 24.2 Å². The molecule has 0 aromatic heterocycles. The van der Waals surface area contributed by atoms with Crippen LogP contribution in [0.15, 0.2) is 60.2 Å². The van der Waals surface area contributed by atoms with E-state index in [9.17, 15) is 14.4 Å². The van der Waals surface area contributed by atoms with Crippen LogP contribution in [0.5, 0.6) is 0 Å². The predicted molar refractivity (Wildman–Crippen MR) is 128 cm³/mol. The number of rotatable bonds is 5. The molecule has 0 fully saturated rings. The number of ether oxygens (including phenoxy) is 1. The third kappa shape index (κ3) is 4.69. The highest BCUT2D eigenvalue weighted by molar-refractivity contribution is 5.89. The van der Waals surface area contributed by atoms with Crippen LogP contribution in [-0.4, -0.2) is 53.7 Å². The molecule has 1 unspecified atom stereocenters. The fourth-order valence-corrected chi connectivity index (χ4v) is 4.65. The van der Waals surface area contributed by atoms with E-state index in [1.807, 2.05) is 45.0 Å². The van der Waals surface area contributed by atoms with Gasteiger partial charge in [-0.05, 0) is 34.1 Å². The van der Waals surface area contributed by atoms with E-state index < -0.39 is 23.5 Å². The number of carboxylic acids is 1. The maximum atomic E-state index is 13.2. The summed E-state index contributed by atoms with van der Waals surface area (Å²) in [5.74, 6) is -1.28. The van der Waals surface area contributed by atoms with Crippen molar-refractivity contribution in [2.24, 2.45) is 5.41 Å². The first-order valence-corrected chi connectivity index (χ1v) is 11.5. The van der Waals surface area contributed by atoms with Crippen LogP contribution in [0.1, 0.15) is 44.2 Å². The molecule has 2 aliphatic rings. The Morgan fingerprint density at radius 3 is 2.15 bits per heavy atom. The van der Waals surface area contributed by atoms with Crippen molar-refractivity contribution in [1.82, 2.24) is 10.2 Å². The Morgan fingerprint density at radius 1 is 1.06 bits per heavy atom. The first-order chi connectivity index (χ1) is 16.2. The van der Waals surface area contributed by atoms with E-state index in [4.69, 9.17) is 9.84 Å². The molecule has 2 amide bonds. The van der Waals surface area contributed by atoms with Crippen LogP contribution in [0.4, 0.5) is 4.79 Å². The number of fused-ring (bicyclic) bond motifs is 3. The molecule has 7 nitrogen and oxygen atoms in total. The molecule has 1 aliphatic carbocycles. The summed E-state index contributed by atoms with van der Waals surface area (Å²) in [6.07, 6.45) is 1.19. The van der Waals surface area contributed by atoms with Gasteiger partial charge in [-0.3, -0.25) is 4.79 Å². The summed E-state index contributed by atoms with van der Waals surface area (Å²) < 4.78 is 5.64. The lowest BCUT2D eigenvalue weighted by Crippen LogP contribution is -2.55. The van der Waals surface area contributed by atoms with Crippen LogP contribution in [0, 0.1) is 5.41 Å². The predicted octanol–water partition coefficient (Wildman–Crippen LogP) is 4.18. The zero-order valence-corrected chi connectivity index (χ0v) is 19.7. The summed E-state index contributed by atoms with van der Waals surface area (Å²) >= 11 is 0. The summed E-state index contributed by atoms with van der Waals surface area (Å²) in [5, 5.41) is 11.9. The van der Waals surface area contributed by atoms with Crippen molar-refractivity contribution in [3.05, 3.63) is 71.3 Å².